The summed E-state index contributed by atoms with van der Waals surface area (Å²) in [6, 6.07) is 0. The molecule has 1 heteroatoms. The zero-order chi connectivity index (χ0) is 35.3. The van der Waals surface area contributed by atoms with Gasteiger partial charge in [0.1, 0.15) is 0 Å². The molecule has 5 aliphatic carbocycles. The van der Waals surface area contributed by atoms with Gasteiger partial charge in [0.25, 0.3) is 0 Å². The summed E-state index contributed by atoms with van der Waals surface area (Å²) in [4.78, 5) is 0. The van der Waals surface area contributed by atoms with Crippen LogP contribution in [0, 0.1) is 56.7 Å². The van der Waals surface area contributed by atoms with Gasteiger partial charge in [0.2, 0.25) is 0 Å². The molecule has 4 fully saturated rings. The second kappa shape index (κ2) is 16.8. The van der Waals surface area contributed by atoms with Crippen molar-refractivity contribution < 1.29 is 4.74 Å². The Morgan fingerprint density at radius 2 is 1.18 bits per heavy atom. The minimum Gasteiger partial charge on any atom is -0.378 e. The highest BCUT2D eigenvalue weighted by molar-refractivity contribution is 5.33. The fourth-order valence-corrected chi connectivity index (χ4v) is 14.0. The Kier molecular flexibility index (Phi) is 13.7. The smallest absolute Gasteiger partial charge is 0.0629 e. The van der Waals surface area contributed by atoms with E-state index in [9.17, 15) is 0 Å². The zero-order valence-electron chi connectivity index (χ0n) is 34.8. The average Bonchev–Trinajstić information content (AvgIpc) is 3.06. The monoisotopic (exact) mass is 679 g/mol. The molecule has 0 aliphatic heterocycles. The molecule has 10 atom stereocenters. The lowest BCUT2D eigenvalue weighted by Gasteiger charge is -2.71. The van der Waals surface area contributed by atoms with Crippen LogP contribution in [0.15, 0.2) is 11.6 Å². The van der Waals surface area contributed by atoms with Gasteiger partial charge in [-0.15, -0.1) is 0 Å². The molecule has 5 rings (SSSR count). The summed E-state index contributed by atoms with van der Waals surface area (Å²) in [5.41, 5.74) is 3.97. The van der Waals surface area contributed by atoms with Crippen molar-refractivity contribution in [2.45, 2.75) is 229 Å². The SMILES string of the molecule is CCCCCCCCCCCCCCCCCCO[C@H]1CC[C@@]2(C)C(CC[C@]3(C)[C@@H]2CC=C2[C@@H]4[C@@H](C)[C@H](C)CC[C@]4(C)CC[C@]23C)C1(C)C. The summed E-state index contributed by atoms with van der Waals surface area (Å²) in [5.74, 6) is 4.11. The van der Waals surface area contributed by atoms with Gasteiger partial charge in [-0.2, -0.15) is 0 Å². The number of unbranched alkanes of at least 4 members (excludes halogenated alkanes) is 15. The molecule has 0 saturated heterocycles. The van der Waals surface area contributed by atoms with Crippen molar-refractivity contribution in [3.63, 3.8) is 0 Å². The van der Waals surface area contributed by atoms with Crippen LogP contribution in [-0.2, 0) is 4.74 Å². The topological polar surface area (TPSA) is 9.23 Å². The fraction of sp³-hybridized carbons (Fsp3) is 0.958. The van der Waals surface area contributed by atoms with Gasteiger partial charge in [0, 0.05) is 6.61 Å². The van der Waals surface area contributed by atoms with Crippen LogP contribution in [0.4, 0.5) is 0 Å². The summed E-state index contributed by atoms with van der Waals surface area (Å²) < 4.78 is 6.86. The molecule has 0 heterocycles. The highest BCUT2D eigenvalue weighted by atomic mass is 16.5. The number of ether oxygens (including phenoxy) is 1. The maximum Gasteiger partial charge on any atom is 0.0629 e. The third-order valence-electron chi connectivity index (χ3n) is 17.7. The first-order valence-corrected chi connectivity index (χ1v) is 22.7. The Bertz CT molecular complexity index is 1060. The molecule has 0 spiro atoms. The standard InChI is InChI=1S/C48H86O/c1-10-11-12-13-14-15-16-17-18-19-20-21-22-23-24-25-36-49-42-30-32-46(7)40(44(42,4)5)29-33-48(9)41(46)27-26-39-43-38(3)37(2)28-31-45(43,6)34-35-47(39,48)8/h26,37-38,40-43H,10-25,27-36H2,1-9H3/t37-,38+,40?,41-,42+,43+,45-,46+,47-,48-/m1/s1. The molecule has 5 aliphatic rings. The Morgan fingerprint density at radius 3 is 1.78 bits per heavy atom. The molecule has 4 saturated carbocycles. The Balaban J connectivity index is 1.05. The molecule has 1 nitrogen and oxygen atoms in total. The van der Waals surface area contributed by atoms with Crippen molar-refractivity contribution in [1.29, 1.82) is 0 Å². The summed E-state index contributed by atoms with van der Waals surface area (Å²) in [6.07, 6.45) is 38.8. The van der Waals surface area contributed by atoms with Crippen LogP contribution in [0.1, 0.15) is 223 Å². The van der Waals surface area contributed by atoms with E-state index < -0.39 is 0 Å². The van der Waals surface area contributed by atoms with Gasteiger partial charge in [0.05, 0.1) is 6.10 Å². The molecule has 1 unspecified atom stereocenters. The summed E-state index contributed by atoms with van der Waals surface area (Å²) in [6.45, 7) is 24.7. The third-order valence-corrected chi connectivity index (χ3v) is 17.7. The minimum atomic E-state index is 0.271. The van der Waals surface area contributed by atoms with Crippen molar-refractivity contribution in [2.75, 3.05) is 6.61 Å². The Morgan fingerprint density at radius 1 is 0.612 bits per heavy atom. The normalized spacial score (nSPS) is 41.3. The van der Waals surface area contributed by atoms with Crippen molar-refractivity contribution in [1.82, 2.24) is 0 Å². The molecule has 0 aromatic heterocycles. The lowest BCUT2D eigenvalue weighted by molar-refractivity contribution is -0.212. The molecule has 0 bridgehead atoms. The predicted octanol–water partition coefficient (Wildman–Crippen LogP) is 15.3. The second-order valence-corrected chi connectivity index (χ2v) is 20.8. The average molecular weight is 679 g/mol. The molecule has 0 N–H and O–H groups in total. The van der Waals surface area contributed by atoms with Crippen LogP contribution in [0.25, 0.3) is 0 Å². The summed E-state index contributed by atoms with van der Waals surface area (Å²) >= 11 is 0. The van der Waals surface area contributed by atoms with E-state index in [4.69, 9.17) is 4.74 Å². The van der Waals surface area contributed by atoms with E-state index in [0.29, 0.717) is 27.8 Å². The maximum atomic E-state index is 6.86. The summed E-state index contributed by atoms with van der Waals surface area (Å²) in [7, 11) is 0. The van der Waals surface area contributed by atoms with Gasteiger partial charge in [-0.25, -0.2) is 0 Å². The summed E-state index contributed by atoms with van der Waals surface area (Å²) in [5, 5.41) is 0. The van der Waals surface area contributed by atoms with Gasteiger partial charge in [-0.1, -0.05) is 170 Å². The first-order chi connectivity index (χ1) is 23.3. The molecule has 0 amide bonds. The van der Waals surface area contributed by atoms with E-state index in [1.807, 2.05) is 5.57 Å². The first kappa shape index (κ1) is 39.9. The third kappa shape index (κ3) is 7.98. The largest absolute Gasteiger partial charge is 0.378 e. The molecular weight excluding hydrogens is 593 g/mol. The number of hydrogen-bond donors (Lipinski definition) is 0. The van der Waals surface area contributed by atoms with Crippen LogP contribution in [0.5, 0.6) is 0 Å². The quantitative estimate of drug-likeness (QED) is 0.104. The highest BCUT2D eigenvalue weighted by Gasteiger charge is 2.68. The molecule has 284 valence electrons. The van der Waals surface area contributed by atoms with Crippen molar-refractivity contribution in [3.8, 4) is 0 Å². The van der Waals surface area contributed by atoms with Crippen LogP contribution < -0.4 is 0 Å². The lowest BCUT2D eigenvalue weighted by Crippen LogP contribution is -2.64. The van der Waals surface area contributed by atoms with E-state index in [0.717, 1.165) is 36.2 Å². The van der Waals surface area contributed by atoms with E-state index in [1.54, 1.807) is 0 Å². The van der Waals surface area contributed by atoms with Gasteiger partial charge < -0.3 is 4.74 Å². The highest BCUT2D eigenvalue weighted by Crippen LogP contribution is 2.75. The van der Waals surface area contributed by atoms with Crippen LogP contribution >= 0.6 is 0 Å². The Labute approximate surface area is 307 Å². The van der Waals surface area contributed by atoms with E-state index >= 15 is 0 Å². The second-order valence-electron chi connectivity index (χ2n) is 20.8. The van der Waals surface area contributed by atoms with Crippen molar-refractivity contribution >= 4 is 0 Å². The van der Waals surface area contributed by atoms with Gasteiger partial charge >= 0.3 is 0 Å². The fourth-order valence-electron chi connectivity index (χ4n) is 14.0. The van der Waals surface area contributed by atoms with Crippen LogP contribution in [-0.4, -0.2) is 12.7 Å². The van der Waals surface area contributed by atoms with E-state index in [-0.39, 0.29) is 5.41 Å². The van der Waals surface area contributed by atoms with Gasteiger partial charge in [-0.05, 0) is 121 Å². The zero-order valence-corrected chi connectivity index (χ0v) is 34.8. The van der Waals surface area contributed by atoms with E-state index in [1.165, 1.54) is 161 Å². The molecule has 0 radical (unpaired) electrons. The van der Waals surface area contributed by atoms with Gasteiger partial charge in [0.15, 0.2) is 0 Å². The number of allylic oxidation sites excluding steroid dienone is 2. The molecular formula is C48H86O. The number of rotatable bonds is 18. The van der Waals surface area contributed by atoms with Crippen molar-refractivity contribution in [3.05, 3.63) is 11.6 Å². The molecule has 49 heavy (non-hydrogen) atoms. The maximum absolute atomic E-state index is 6.86. The van der Waals surface area contributed by atoms with E-state index in [2.05, 4.69) is 68.4 Å². The van der Waals surface area contributed by atoms with Crippen LogP contribution in [0.2, 0.25) is 0 Å². The number of hydrogen-bond acceptors (Lipinski definition) is 1. The first-order valence-electron chi connectivity index (χ1n) is 22.7. The predicted molar refractivity (Wildman–Crippen MR) is 214 cm³/mol. The minimum absolute atomic E-state index is 0.271. The Hall–Kier alpha value is -0.300. The lowest BCUT2D eigenvalue weighted by atomic mass is 9.33. The van der Waals surface area contributed by atoms with Gasteiger partial charge in [-0.3, -0.25) is 0 Å². The molecule has 0 aromatic rings. The van der Waals surface area contributed by atoms with Crippen molar-refractivity contribution in [2.24, 2.45) is 56.7 Å². The number of fused-ring (bicyclic) bond motifs is 7. The van der Waals surface area contributed by atoms with Crippen LogP contribution in [0.3, 0.4) is 0 Å². The molecule has 0 aromatic carbocycles.